The molecule has 0 heterocycles. The minimum absolute atomic E-state index is 0.280. The molecular formula is C17H19Br. The van der Waals surface area contributed by atoms with Crippen LogP contribution in [0.15, 0.2) is 42.5 Å². The molecule has 1 atom stereocenters. The van der Waals surface area contributed by atoms with Crippen LogP contribution in [0.25, 0.3) is 0 Å². The molecule has 0 spiro atoms. The molecule has 0 aliphatic heterocycles. The molecule has 1 heteroatoms. The van der Waals surface area contributed by atoms with Crippen LogP contribution in [0.3, 0.4) is 0 Å². The predicted octanol–water partition coefficient (Wildman–Crippen LogP) is 5.35. The number of hydrogen-bond acceptors (Lipinski definition) is 0. The van der Waals surface area contributed by atoms with E-state index in [2.05, 4.69) is 79.2 Å². The smallest absolute Gasteiger partial charge is 0.0644 e. The van der Waals surface area contributed by atoms with Crippen molar-refractivity contribution >= 4 is 15.9 Å². The van der Waals surface area contributed by atoms with E-state index >= 15 is 0 Å². The fourth-order valence-corrected chi connectivity index (χ4v) is 2.84. The third kappa shape index (κ3) is 3.02. The number of alkyl halides is 1. The summed E-state index contributed by atoms with van der Waals surface area (Å²) in [5.74, 6) is 0. The molecule has 0 aromatic heterocycles. The highest BCUT2D eigenvalue weighted by molar-refractivity contribution is 9.09. The summed E-state index contributed by atoms with van der Waals surface area (Å²) in [5, 5.41) is 0. The van der Waals surface area contributed by atoms with Crippen molar-refractivity contribution < 1.29 is 0 Å². The quantitative estimate of drug-likeness (QED) is 0.670. The summed E-state index contributed by atoms with van der Waals surface area (Å²) in [6.45, 7) is 6.48. The highest BCUT2D eigenvalue weighted by Crippen LogP contribution is 2.31. The SMILES string of the molecule is CCc1ccc(C(Br)c2cc(C)cc(C)c2)cc1. The summed E-state index contributed by atoms with van der Waals surface area (Å²) in [6.07, 6.45) is 1.09. The largest absolute Gasteiger partial charge is 0.0786 e. The molecule has 0 N–H and O–H groups in total. The molecule has 94 valence electrons. The van der Waals surface area contributed by atoms with Gasteiger partial charge < -0.3 is 0 Å². The predicted molar refractivity (Wildman–Crippen MR) is 82.5 cm³/mol. The molecule has 0 aliphatic rings. The van der Waals surface area contributed by atoms with Gasteiger partial charge in [0.2, 0.25) is 0 Å². The van der Waals surface area contributed by atoms with E-state index in [4.69, 9.17) is 0 Å². The summed E-state index contributed by atoms with van der Waals surface area (Å²) in [5.41, 5.74) is 6.67. The number of aryl methyl sites for hydroxylation is 3. The van der Waals surface area contributed by atoms with E-state index in [-0.39, 0.29) is 4.83 Å². The maximum atomic E-state index is 3.81. The normalized spacial score (nSPS) is 12.4. The van der Waals surface area contributed by atoms with Crippen LogP contribution in [0.4, 0.5) is 0 Å². The van der Waals surface area contributed by atoms with Gasteiger partial charge in [-0.05, 0) is 37.0 Å². The molecule has 2 aromatic rings. The van der Waals surface area contributed by atoms with Gasteiger partial charge in [-0.2, -0.15) is 0 Å². The van der Waals surface area contributed by atoms with Gasteiger partial charge >= 0.3 is 0 Å². The Morgan fingerprint density at radius 1 is 0.889 bits per heavy atom. The summed E-state index contributed by atoms with van der Waals surface area (Å²) in [7, 11) is 0. The van der Waals surface area contributed by atoms with Crippen LogP contribution in [-0.4, -0.2) is 0 Å². The minimum atomic E-state index is 0.280. The Bertz CT molecular complexity index is 506. The molecule has 18 heavy (non-hydrogen) atoms. The van der Waals surface area contributed by atoms with E-state index in [0.29, 0.717) is 0 Å². The molecule has 2 aromatic carbocycles. The molecule has 0 fully saturated rings. The van der Waals surface area contributed by atoms with Gasteiger partial charge in [-0.25, -0.2) is 0 Å². The Kier molecular flexibility index (Phi) is 4.23. The van der Waals surface area contributed by atoms with Crippen molar-refractivity contribution in [3.05, 3.63) is 70.3 Å². The molecule has 1 unspecified atom stereocenters. The van der Waals surface area contributed by atoms with Crippen LogP contribution in [0.2, 0.25) is 0 Å². The van der Waals surface area contributed by atoms with E-state index in [9.17, 15) is 0 Å². The van der Waals surface area contributed by atoms with Gasteiger partial charge in [0, 0.05) is 0 Å². The molecule has 0 nitrogen and oxygen atoms in total. The second-order valence-electron chi connectivity index (χ2n) is 4.88. The first kappa shape index (κ1) is 13.4. The third-order valence-corrected chi connectivity index (χ3v) is 4.27. The lowest BCUT2D eigenvalue weighted by atomic mass is 9.99. The summed E-state index contributed by atoms with van der Waals surface area (Å²) < 4.78 is 0. The Labute approximate surface area is 118 Å². The van der Waals surface area contributed by atoms with Gasteiger partial charge in [0.15, 0.2) is 0 Å². The van der Waals surface area contributed by atoms with E-state index in [1.54, 1.807) is 0 Å². The van der Waals surface area contributed by atoms with Gasteiger partial charge in [0.1, 0.15) is 0 Å². The first-order chi connectivity index (χ1) is 8.60. The number of rotatable bonds is 3. The fourth-order valence-electron chi connectivity index (χ4n) is 2.27. The Hall–Kier alpha value is -1.08. The Balaban J connectivity index is 2.31. The summed E-state index contributed by atoms with van der Waals surface area (Å²) in [6, 6.07) is 15.6. The van der Waals surface area contributed by atoms with Crippen LogP contribution in [0, 0.1) is 13.8 Å². The zero-order valence-electron chi connectivity index (χ0n) is 11.2. The van der Waals surface area contributed by atoms with E-state index in [1.807, 2.05) is 0 Å². The lowest BCUT2D eigenvalue weighted by Crippen LogP contribution is -1.95. The number of hydrogen-bond donors (Lipinski definition) is 0. The zero-order valence-corrected chi connectivity index (χ0v) is 12.8. The standard InChI is InChI=1S/C17H19Br/c1-4-14-5-7-15(8-6-14)17(18)16-10-12(2)9-13(3)11-16/h5-11,17H,4H2,1-3H3. The molecule has 0 saturated carbocycles. The van der Waals surface area contributed by atoms with Crippen molar-refractivity contribution in [1.82, 2.24) is 0 Å². The van der Waals surface area contributed by atoms with Gasteiger partial charge in [-0.1, -0.05) is 76.4 Å². The van der Waals surface area contributed by atoms with Gasteiger partial charge in [0.25, 0.3) is 0 Å². The second kappa shape index (κ2) is 5.71. The average molecular weight is 303 g/mol. The highest BCUT2D eigenvalue weighted by atomic mass is 79.9. The maximum absolute atomic E-state index is 3.81. The van der Waals surface area contributed by atoms with E-state index in [1.165, 1.54) is 27.8 Å². The summed E-state index contributed by atoms with van der Waals surface area (Å²) in [4.78, 5) is 0.280. The average Bonchev–Trinajstić information content (AvgIpc) is 2.37. The van der Waals surface area contributed by atoms with Crippen LogP contribution < -0.4 is 0 Å². The van der Waals surface area contributed by atoms with Crippen molar-refractivity contribution in [2.45, 2.75) is 32.0 Å². The van der Waals surface area contributed by atoms with Crippen molar-refractivity contribution in [3.63, 3.8) is 0 Å². The fraction of sp³-hybridized carbons (Fsp3) is 0.294. The van der Waals surface area contributed by atoms with Crippen molar-refractivity contribution in [2.24, 2.45) is 0 Å². The third-order valence-electron chi connectivity index (χ3n) is 3.22. The first-order valence-corrected chi connectivity index (χ1v) is 7.33. The summed E-state index contributed by atoms with van der Waals surface area (Å²) >= 11 is 3.81. The lowest BCUT2D eigenvalue weighted by molar-refractivity contribution is 1.11. The zero-order chi connectivity index (χ0) is 13.1. The molecule has 0 amide bonds. The highest BCUT2D eigenvalue weighted by Gasteiger charge is 2.10. The van der Waals surface area contributed by atoms with Gasteiger partial charge in [-0.3, -0.25) is 0 Å². The maximum Gasteiger partial charge on any atom is 0.0644 e. The molecule has 2 rings (SSSR count). The van der Waals surface area contributed by atoms with Gasteiger partial charge in [-0.15, -0.1) is 0 Å². The molecular weight excluding hydrogens is 284 g/mol. The van der Waals surface area contributed by atoms with E-state index < -0.39 is 0 Å². The van der Waals surface area contributed by atoms with Crippen LogP contribution in [0.5, 0.6) is 0 Å². The lowest BCUT2D eigenvalue weighted by Gasteiger charge is -2.13. The monoisotopic (exact) mass is 302 g/mol. The van der Waals surface area contributed by atoms with Crippen molar-refractivity contribution in [3.8, 4) is 0 Å². The van der Waals surface area contributed by atoms with Crippen molar-refractivity contribution in [2.75, 3.05) is 0 Å². The number of halogens is 1. The van der Waals surface area contributed by atoms with E-state index in [0.717, 1.165) is 6.42 Å². The second-order valence-corrected chi connectivity index (χ2v) is 5.79. The molecule has 0 aliphatic carbocycles. The van der Waals surface area contributed by atoms with Gasteiger partial charge in [0.05, 0.1) is 4.83 Å². The molecule has 0 radical (unpaired) electrons. The van der Waals surface area contributed by atoms with Crippen molar-refractivity contribution in [1.29, 1.82) is 0 Å². The topological polar surface area (TPSA) is 0 Å². The molecule has 0 saturated heterocycles. The Morgan fingerprint density at radius 2 is 1.44 bits per heavy atom. The first-order valence-electron chi connectivity index (χ1n) is 6.41. The number of benzene rings is 2. The van der Waals surface area contributed by atoms with Crippen LogP contribution in [-0.2, 0) is 6.42 Å². The van der Waals surface area contributed by atoms with Crippen LogP contribution >= 0.6 is 15.9 Å². The van der Waals surface area contributed by atoms with Crippen LogP contribution in [0.1, 0.15) is 39.6 Å². The minimum Gasteiger partial charge on any atom is -0.0786 e. The molecule has 0 bridgehead atoms. The Morgan fingerprint density at radius 3 is 1.94 bits per heavy atom.